The van der Waals surface area contributed by atoms with E-state index in [0.29, 0.717) is 62.5 Å². The van der Waals surface area contributed by atoms with Crippen LogP contribution in [0.2, 0.25) is 0 Å². The van der Waals surface area contributed by atoms with Crippen molar-refractivity contribution in [1.29, 1.82) is 0 Å². The summed E-state index contributed by atoms with van der Waals surface area (Å²) in [6.07, 6.45) is 10.3. The number of ketones is 3. The zero-order valence-electron chi connectivity index (χ0n) is 41.5. The van der Waals surface area contributed by atoms with E-state index in [1.165, 1.54) is 7.11 Å². The number of hydrogen-bond donors (Lipinski definition) is 4. The Kier molecular flexibility index (Phi) is 22.3. The Balaban J connectivity index is 1.68. The number of ether oxygens (including phenoxy) is 5. The topological polar surface area (TPSA) is 216 Å². The number of methoxy groups -OCH3 is 2. The highest BCUT2D eigenvalue weighted by Crippen LogP contribution is 2.38. The van der Waals surface area contributed by atoms with Crippen molar-refractivity contribution in [3.63, 3.8) is 0 Å². The van der Waals surface area contributed by atoms with E-state index in [2.05, 4.69) is 0 Å². The summed E-state index contributed by atoms with van der Waals surface area (Å²) in [7, 11) is 2.99. The third-order valence-electron chi connectivity index (χ3n) is 14.6. The molecule has 15 atom stereocenters. The molecular formula is C52H81NO14. The number of rotatable bonds is 8. The molecule has 4 aliphatic rings. The molecule has 378 valence electrons. The fraction of sp³-hybridized carbons (Fsp3) is 0.750. The quantitative estimate of drug-likeness (QED) is 0.134. The SMILES string of the molecule is COC1CC(CC(C)C2CC(=O)C(C)C=C(C)C(O)C(OC)C(=O)C(C)CC(C)C=CC=CC=C(C)C(O)CC3CCC(C)C(O)(O3)C(=O)C(=O)N3CCCCC3C(=O)O2)CCC1OCCO. The average molecular weight is 944 g/mol. The van der Waals surface area contributed by atoms with Crippen LogP contribution in [0.5, 0.6) is 0 Å². The van der Waals surface area contributed by atoms with Crippen molar-refractivity contribution in [2.24, 2.45) is 35.5 Å². The van der Waals surface area contributed by atoms with Crippen LogP contribution in [0.25, 0.3) is 0 Å². The molecular weight excluding hydrogens is 863 g/mol. The minimum absolute atomic E-state index is 0.00840. The van der Waals surface area contributed by atoms with Crippen LogP contribution in [0.3, 0.4) is 0 Å². The van der Waals surface area contributed by atoms with Gasteiger partial charge < -0.3 is 49.0 Å². The molecule has 15 nitrogen and oxygen atoms in total. The zero-order valence-corrected chi connectivity index (χ0v) is 41.5. The van der Waals surface area contributed by atoms with Gasteiger partial charge in [-0.2, -0.15) is 0 Å². The van der Waals surface area contributed by atoms with Crippen molar-refractivity contribution in [3.8, 4) is 0 Å². The maximum atomic E-state index is 14.4. The van der Waals surface area contributed by atoms with Crippen LogP contribution in [0.1, 0.15) is 126 Å². The number of amides is 1. The minimum atomic E-state index is -2.49. The van der Waals surface area contributed by atoms with Crippen molar-refractivity contribution in [1.82, 2.24) is 4.90 Å². The van der Waals surface area contributed by atoms with E-state index in [4.69, 9.17) is 23.7 Å². The van der Waals surface area contributed by atoms with Crippen LogP contribution in [0.15, 0.2) is 47.6 Å². The lowest BCUT2D eigenvalue weighted by molar-refractivity contribution is -0.265. The predicted molar refractivity (Wildman–Crippen MR) is 251 cm³/mol. The number of carbonyl (C=O) groups is 5. The number of carbonyl (C=O) groups excluding carboxylic acids is 5. The van der Waals surface area contributed by atoms with E-state index in [1.807, 2.05) is 32.1 Å². The predicted octanol–water partition coefficient (Wildman–Crippen LogP) is 5.54. The molecule has 4 rings (SSSR count). The Hall–Kier alpha value is -3.41. The first-order valence-corrected chi connectivity index (χ1v) is 24.6. The highest BCUT2D eigenvalue weighted by molar-refractivity contribution is 6.39. The Bertz CT molecular complexity index is 1790. The van der Waals surface area contributed by atoms with Crippen molar-refractivity contribution in [2.45, 2.75) is 180 Å². The normalized spacial score (nSPS) is 37.1. The standard InChI is InChI=1S/C52H81NO14/c1-31-15-11-10-12-16-32(2)41(55)29-39-20-18-37(7)52(62,67-39)49(59)50(60)53-22-14-13-17-40(53)51(61)66-44(34(4)27-38-19-21-43(65-24-23-54)45(28-38)63-8)30-42(56)33(3)26-36(6)47(58)48(64-9)46(57)35(5)25-31/h10-12,15-16,26,31,33-35,37-41,43-45,47-48,54-55,58,62H,13-14,17-25,27-30H2,1-9H3. The van der Waals surface area contributed by atoms with Gasteiger partial charge in [-0.1, -0.05) is 71.1 Å². The molecule has 2 bridgehead atoms. The number of aliphatic hydroxyl groups is 4. The van der Waals surface area contributed by atoms with Crippen molar-refractivity contribution < 1.29 is 68.1 Å². The van der Waals surface area contributed by atoms with Gasteiger partial charge in [0.05, 0.1) is 37.6 Å². The molecule has 1 aliphatic carbocycles. The lowest BCUT2D eigenvalue weighted by Crippen LogP contribution is -2.61. The molecule has 0 radical (unpaired) electrons. The largest absolute Gasteiger partial charge is 0.460 e. The van der Waals surface area contributed by atoms with Crippen LogP contribution in [-0.4, -0.2) is 143 Å². The van der Waals surface area contributed by atoms with Crippen molar-refractivity contribution in [3.05, 3.63) is 47.6 Å². The van der Waals surface area contributed by atoms with Gasteiger partial charge in [-0.15, -0.1) is 0 Å². The van der Waals surface area contributed by atoms with Crippen LogP contribution >= 0.6 is 0 Å². The Morgan fingerprint density at radius 1 is 0.866 bits per heavy atom. The first-order valence-electron chi connectivity index (χ1n) is 24.6. The van der Waals surface area contributed by atoms with Crippen LogP contribution in [-0.2, 0) is 47.7 Å². The van der Waals surface area contributed by atoms with Crippen molar-refractivity contribution >= 4 is 29.2 Å². The van der Waals surface area contributed by atoms with E-state index in [1.54, 1.807) is 60.0 Å². The summed E-state index contributed by atoms with van der Waals surface area (Å²) in [5, 5.41) is 43.8. The van der Waals surface area contributed by atoms with E-state index in [9.17, 15) is 44.4 Å². The summed E-state index contributed by atoms with van der Waals surface area (Å²) in [6, 6.07) is -1.16. The van der Waals surface area contributed by atoms with Gasteiger partial charge >= 0.3 is 5.97 Å². The Labute approximate surface area is 398 Å². The highest BCUT2D eigenvalue weighted by Gasteiger charge is 2.53. The first-order chi connectivity index (χ1) is 31.7. The summed E-state index contributed by atoms with van der Waals surface area (Å²) in [6.45, 7) is 12.6. The zero-order chi connectivity index (χ0) is 49.6. The van der Waals surface area contributed by atoms with Crippen molar-refractivity contribution in [2.75, 3.05) is 34.0 Å². The summed E-state index contributed by atoms with van der Waals surface area (Å²) in [4.78, 5) is 71.8. The number of aliphatic hydroxyl groups excluding tert-OH is 3. The van der Waals surface area contributed by atoms with Gasteiger partial charge in [-0.25, -0.2) is 4.79 Å². The number of hydrogen-bond acceptors (Lipinski definition) is 14. The molecule has 2 saturated heterocycles. The molecule has 67 heavy (non-hydrogen) atoms. The van der Waals surface area contributed by atoms with E-state index >= 15 is 0 Å². The molecule has 0 spiro atoms. The van der Waals surface area contributed by atoms with Crippen LogP contribution in [0, 0.1) is 35.5 Å². The molecule has 15 heteroatoms. The number of cyclic esters (lactones) is 1. The molecule has 1 amide bonds. The van der Waals surface area contributed by atoms with Gasteiger partial charge in [0.15, 0.2) is 5.78 Å². The average Bonchev–Trinajstić information content (AvgIpc) is 3.30. The van der Waals surface area contributed by atoms with Gasteiger partial charge in [0.1, 0.15) is 30.1 Å². The summed E-state index contributed by atoms with van der Waals surface area (Å²) >= 11 is 0. The number of allylic oxidation sites excluding steroid dienone is 6. The maximum absolute atomic E-state index is 14.4. The summed E-state index contributed by atoms with van der Waals surface area (Å²) in [5.41, 5.74) is 0.998. The van der Waals surface area contributed by atoms with Gasteiger partial charge in [-0.05, 0) is 107 Å². The number of nitrogens with zero attached hydrogens (tertiary/aromatic N) is 1. The number of fused-ring (bicyclic) bond motifs is 3. The second-order valence-electron chi connectivity index (χ2n) is 19.9. The third kappa shape index (κ3) is 15.3. The van der Waals surface area contributed by atoms with E-state index in [0.717, 1.165) is 11.3 Å². The van der Waals surface area contributed by atoms with E-state index < -0.39 is 77.8 Å². The minimum Gasteiger partial charge on any atom is -0.460 e. The summed E-state index contributed by atoms with van der Waals surface area (Å²) in [5.74, 6) is -8.25. The molecule has 3 heterocycles. The smallest absolute Gasteiger partial charge is 0.329 e. The lowest BCUT2D eigenvalue weighted by atomic mass is 9.78. The number of Topliss-reactive ketones (excluding diaryl/α,β-unsaturated/α-hetero) is 3. The lowest BCUT2D eigenvalue weighted by Gasteiger charge is -2.42. The van der Waals surface area contributed by atoms with E-state index in [-0.39, 0.29) is 80.5 Å². The highest BCUT2D eigenvalue weighted by atomic mass is 16.6. The molecule has 0 aromatic heterocycles. The van der Waals surface area contributed by atoms with Gasteiger partial charge in [0, 0.05) is 51.4 Å². The fourth-order valence-corrected chi connectivity index (χ4v) is 10.2. The van der Waals surface area contributed by atoms with Gasteiger partial charge in [0.2, 0.25) is 5.79 Å². The molecule has 3 fully saturated rings. The fourth-order valence-electron chi connectivity index (χ4n) is 10.2. The van der Waals surface area contributed by atoms with Crippen LogP contribution < -0.4 is 0 Å². The third-order valence-corrected chi connectivity index (χ3v) is 14.6. The first kappa shape index (κ1) is 56.2. The van der Waals surface area contributed by atoms with Crippen LogP contribution in [0.4, 0.5) is 0 Å². The number of esters is 1. The Morgan fingerprint density at radius 3 is 2.28 bits per heavy atom. The monoisotopic (exact) mass is 944 g/mol. The second-order valence-corrected chi connectivity index (χ2v) is 19.9. The second kappa shape index (κ2) is 26.5. The molecule has 3 aliphatic heterocycles. The number of piperidine rings is 1. The maximum Gasteiger partial charge on any atom is 0.329 e. The molecule has 0 aromatic rings. The Morgan fingerprint density at radius 2 is 1.60 bits per heavy atom. The molecule has 15 unspecified atom stereocenters. The van der Waals surface area contributed by atoms with Gasteiger partial charge in [-0.3, -0.25) is 19.2 Å². The molecule has 0 aromatic carbocycles. The van der Waals surface area contributed by atoms with Gasteiger partial charge in [0.25, 0.3) is 11.7 Å². The molecule has 4 N–H and O–H groups in total. The molecule has 1 saturated carbocycles. The summed E-state index contributed by atoms with van der Waals surface area (Å²) < 4.78 is 29.5.